The molecule has 0 aliphatic heterocycles. The third-order valence-corrected chi connectivity index (χ3v) is 4.39. The van der Waals surface area contributed by atoms with Crippen LogP contribution in [0.1, 0.15) is 18.2 Å². The fraction of sp³-hybridized carbons (Fsp3) is 0.318. The number of fused-ring (bicyclic) bond motifs is 1. The molecule has 0 N–H and O–H groups in total. The maximum Gasteiger partial charge on any atom is 0.248 e. The Balaban J connectivity index is 1.48. The van der Waals surface area contributed by atoms with Gasteiger partial charge in [0.2, 0.25) is 5.91 Å². The van der Waals surface area contributed by atoms with Gasteiger partial charge in [-0.05, 0) is 18.2 Å². The van der Waals surface area contributed by atoms with Crippen LogP contribution in [0.3, 0.4) is 0 Å². The highest BCUT2D eigenvalue weighted by molar-refractivity contribution is 5.83. The summed E-state index contributed by atoms with van der Waals surface area (Å²) in [6, 6.07) is 17.5. The molecule has 2 aromatic carbocycles. The third kappa shape index (κ3) is 4.89. The van der Waals surface area contributed by atoms with Crippen LogP contribution >= 0.6 is 0 Å². The van der Waals surface area contributed by atoms with Gasteiger partial charge in [0, 0.05) is 31.0 Å². The maximum absolute atomic E-state index is 12.4. The molecule has 0 atom stereocenters. The van der Waals surface area contributed by atoms with Crippen molar-refractivity contribution in [2.75, 3.05) is 26.9 Å². The molecule has 0 aliphatic rings. The van der Waals surface area contributed by atoms with E-state index in [9.17, 15) is 4.79 Å². The molecule has 5 heteroatoms. The summed E-state index contributed by atoms with van der Waals surface area (Å²) in [5, 5.41) is 1.06. The van der Waals surface area contributed by atoms with Gasteiger partial charge in [0.15, 0.2) is 0 Å². The van der Waals surface area contributed by atoms with Crippen LogP contribution in [0, 0.1) is 0 Å². The van der Waals surface area contributed by atoms with Crippen molar-refractivity contribution < 1.29 is 18.7 Å². The van der Waals surface area contributed by atoms with Crippen LogP contribution in [0.2, 0.25) is 0 Å². The molecule has 0 unspecified atom stereocenters. The van der Waals surface area contributed by atoms with Crippen LogP contribution in [0.5, 0.6) is 5.75 Å². The standard InChI is InChI=1S/C22H25NO4/c1-3-20-19(18-11-7-8-12-21(18)27-20)15-23(2)22(24)16-25-13-14-26-17-9-5-4-6-10-17/h4-12H,3,13-16H2,1-2H3. The molecule has 0 saturated carbocycles. The average Bonchev–Trinajstić information content (AvgIpc) is 3.06. The maximum atomic E-state index is 12.4. The number of carbonyl (C=O) groups excluding carboxylic acids is 1. The molecule has 0 fully saturated rings. The van der Waals surface area contributed by atoms with Crippen molar-refractivity contribution in [3.63, 3.8) is 0 Å². The number of ether oxygens (including phenoxy) is 2. The summed E-state index contributed by atoms with van der Waals surface area (Å²) < 4.78 is 16.9. The lowest BCUT2D eigenvalue weighted by Gasteiger charge is -2.17. The van der Waals surface area contributed by atoms with E-state index in [4.69, 9.17) is 13.9 Å². The van der Waals surface area contributed by atoms with Crippen LogP contribution in [0.4, 0.5) is 0 Å². The predicted molar refractivity (Wildman–Crippen MR) is 105 cm³/mol. The SMILES string of the molecule is CCc1oc2ccccc2c1CN(C)C(=O)COCCOc1ccccc1. The first-order valence-corrected chi connectivity index (χ1v) is 9.18. The van der Waals surface area contributed by atoms with Crippen LogP contribution < -0.4 is 4.74 Å². The molecule has 3 aromatic rings. The largest absolute Gasteiger partial charge is 0.491 e. The van der Waals surface area contributed by atoms with Gasteiger partial charge in [-0.2, -0.15) is 0 Å². The van der Waals surface area contributed by atoms with Gasteiger partial charge in [0.25, 0.3) is 0 Å². The van der Waals surface area contributed by atoms with Gasteiger partial charge in [-0.15, -0.1) is 0 Å². The fourth-order valence-electron chi connectivity index (χ4n) is 2.94. The number of para-hydroxylation sites is 2. The van der Waals surface area contributed by atoms with E-state index in [1.165, 1.54) is 0 Å². The van der Waals surface area contributed by atoms with Crippen molar-refractivity contribution in [3.8, 4) is 5.75 Å². The van der Waals surface area contributed by atoms with Crippen molar-refractivity contribution in [2.24, 2.45) is 0 Å². The van der Waals surface area contributed by atoms with Crippen molar-refractivity contribution in [1.82, 2.24) is 4.90 Å². The highest BCUT2D eigenvalue weighted by atomic mass is 16.5. The van der Waals surface area contributed by atoms with Gasteiger partial charge in [0.1, 0.15) is 30.3 Å². The number of benzene rings is 2. The van der Waals surface area contributed by atoms with E-state index in [2.05, 4.69) is 6.92 Å². The number of rotatable bonds is 9. The second-order valence-corrected chi connectivity index (χ2v) is 6.32. The van der Waals surface area contributed by atoms with E-state index >= 15 is 0 Å². The second-order valence-electron chi connectivity index (χ2n) is 6.32. The minimum atomic E-state index is -0.0676. The first kappa shape index (κ1) is 19.0. The average molecular weight is 367 g/mol. The summed E-state index contributed by atoms with van der Waals surface area (Å²) in [6.07, 6.45) is 0.791. The van der Waals surface area contributed by atoms with Gasteiger partial charge >= 0.3 is 0 Å². The van der Waals surface area contributed by atoms with Crippen molar-refractivity contribution >= 4 is 16.9 Å². The van der Waals surface area contributed by atoms with Crippen molar-refractivity contribution in [3.05, 3.63) is 65.9 Å². The zero-order valence-electron chi connectivity index (χ0n) is 15.8. The number of furan rings is 1. The van der Waals surface area contributed by atoms with E-state index in [0.717, 1.165) is 34.5 Å². The quantitative estimate of drug-likeness (QED) is 0.536. The predicted octanol–water partition coefficient (Wildman–Crippen LogP) is 4.05. The number of amides is 1. The molecule has 1 heterocycles. The van der Waals surface area contributed by atoms with Crippen molar-refractivity contribution in [1.29, 1.82) is 0 Å². The molecule has 1 aromatic heterocycles. The minimum Gasteiger partial charge on any atom is -0.491 e. The lowest BCUT2D eigenvalue weighted by atomic mass is 10.1. The second kappa shape index (κ2) is 9.24. The number of likely N-dealkylation sites (N-methyl/N-ethyl adjacent to an activating group) is 1. The summed E-state index contributed by atoms with van der Waals surface area (Å²) in [5.74, 6) is 1.65. The van der Waals surface area contributed by atoms with Gasteiger partial charge in [0.05, 0.1) is 6.61 Å². The molecule has 27 heavy (non-hydrogen) atoms. The number of hydrogen-bond donors (Lipinski definition) is 0. The molecule has 0 bridgehead atoms. The first-order valence-electron chi connectivity index (χ1n) is 9.18. The third-order valence-electron chi connectivity index (χ3n) is 4.39. The van der Waals surface area contributed by atoms with E-state index < -0.39 is 0 Å². The highest BCUT2D eigenvalue weighted by Crippen LogP contribution is 2.27. The highest BCUT2D eigenvalue weighted by Gasteiger charge is 2.17. The molecule has 0 aliphatic carbocycles. The molecular formula is C22H25NO4. The Hall–Kier alpha value is -2.79. The zero-order chi connectivity index (χ0) is 19.1. The summed E-state index contributed by atoms with van der Waals surface area (Å²) in [7, 11) is 1.79. The number of aryl methyl sites for hydroxylation is 1. The molecule has 0 spiro atoms. The lowest BCUT2D eigenvalue weighted by molar-refractivity contribution is -0.135. The van der Waals surface area contributed by atoms with E-state index in [-0.39, 0.29) is 12.5 Å². The van der Waals surface area contributed by atoms with Crippen LogP contribution in [0.15, 0.2) is 59.0 Å². The number of carbonyl (C=O) groups is 1. The summed E-state index contributed by atoms with van der Waals surface area (Å²) in [6.45, 7) is 3.37. The van der Waals surface area contributed by atoms with Crippen molar-refractivity contribution in [2.45, 2.75) is 19.9 Å². The van der Waals surface area contributed by atoms with Crippen LogP contribution in [0.25, 0.3) is 11.0 Å². The molecular weight excluding hydrogens is 342 g/mol. The van der Waals surface area contributed by atoms with Crippen LogP contribution in [-0.2, 0) is 22.5 Å². The first-order chi connectivity index (χ1) is 13.2. The topological polar surface area (TPSA) is 51.9 Å². The summed E-state index contributed by atoms with van der Waals surface area (Å²) in [5.41, 5.74) is 1.93. The Kier molecular flexibility index (Phi) is 6.49. The smallest absolute Gasteiger partial charge is 0.248 e. The Morgan fingerprint density at radius 3 is 2.56 bits per heavy atom. The lowest BCUT2D eigenvalue weighted by Crippen LogP contribution is -2.30. The van der Waals surface area contributed by atoms with Gasteiger partial charge < -0.3 is 18.8 Å². The summed E-state index contributed by atoms with van der Waals surface area (Å²) >= 11 is 0. The number of nitrogens with zero attached hydrogens (tertiary/aromatic N) is 1. The molecule has 5 nitrogen and oxygen atoms in total. The molecule has 1 amide bonds. The Morgan fingerprint density at radius 2 is 1.78 bits per heavy atom. The Bertz CT molecular complexity index is 872. The molecule has 0 saturated heterocycles. The van der Waals surface area contributed by atoms with E-state index in [1.807, 2.05) is 54.6 Å². The molecule has 0 radical (unpaired) electrons. The normalized spacial score (nSPS) is 10.9. The van der Waals surface area contributed by atoms with Crippen LogP contribution in [-0.4, -0.2) is 37.7 Å². The monoisotopic (exact) mass is 367 g/mol. The van der Waals surface area contributed by atoms with Gasteiger partial charge in [-0.25, -0.2) is 0 Å². The Labute approximate surface area is 159 Å². The fourth-order valence-corrected chi connectivity index (χ4v) is 2.94. The molecule has 142 valence electrons. The summed E-state index contributed by atoms with van der Waals surface area (Å²) in [4.78, 5) is 14.0. The number of hydrogen-bond acceptors (Lipinski definition) is 4. The molecule has 3 rings (SSSR count). The minimum absolute atomic E-state index is 0.0336. The Morgan fingerprint density at radius 1 is 1.04 bits per heavy atom. The van der Waals surface area contributed by atoms with Gasteiger partial charge in [-0.3, -0.25) is 4.79 Å². The van der Waals surface area contributed by atoms with E-state index in [0.29, 0.717) is 19.8 Å². The van der Waals surface area contributed by atoms with E-state index in [1.54, 1.807) is 11.9 Å². The van der Waals surface area contributed by atoms with Gasteiger partial charge in [-0.1, -0.05) is 43.3 Å². The zero-order valence-corrected chi connectivity index (χ0v) is 15.8.